The average molecular weight is 342 g/mol. The summed E-state index contributed by atoms with van der Waals surface area (Å²) < 4.78 is 36.5. The second kappa shape index (κ2) is 5.82. The Balaban J connectivity index is 1.93. The van der Waals surface area contributed by atoms with E-state index in [0.717, 1.165) is 11.7 Å². The van der Waals surface area contributed by atoms with Gasteiger partial charge < -0.3 is 5.11 Å². The van der Waals surface area contributed by atoms with Gasteiger partial charge in [-0.1, -0.05) is 6.07 Å². The number of sulfonamides is 1. The van der Waals surface area contributed by atoms with E-state index < -0.39 is 10.0 Å². The maximum absolute atomic E-state index is 12.8. The summed E-state index contributed by atoms with van der Waals surface area (Å²) in [6.07, 6.45) is 0.594. The number of likely N-dealkylation sites (N-methyl/N-ethyl adjacent to an activating group) is 1. The van der Waals surface area contributed by atoms with Crippen LogP contribution >= 0.6 is 11.7 Å². The van der Waals surface area contributed by atoms with Crippen LogP contribution in [0.3, 0.4) is 0 Å². The van der Waals surface area contributed by atoms with Crippen LogP contribution in [0, 0.1) is 6.92 Å². The first kappa shape index (κ1) is 15.8. The van der Waals surface area contributed by atoms with Crippen LogP contribution in [0.25, 0.3) is 11.0 Å². The highest BCUT2D eigenvalue weighted by Gasteiger charge is 2.33. The van der Waals surface area contributed by atoms with E-state index >= 15 is 0 Å². The minimum atomic E-state index is -3.68. The highest BCUT2D eigenvalue weighted by molar-refractivity contribution is 7.89. The number of aryl methyl sites for hydroxylation is 1. The molecule has 120 valence electrons. The molecule has 9 heteroatoms. The van der Waals surface area contributed by atoms with Crippen LogP contribution in [0.5, 0.6) is 0 Å². The minimum absolute atomic E-state index is 0.00877. The fourth-order valence-corrected chi connectivity index (χ4v) is 5.15. The van der Waals surface area contributed by atoms with Crippen molar-refractivity contribution in [1.82, 2.24) is 18.4 Å². The zero-order valence-corrected chi connectivity index (χ0v) is 14.0. The average Bonchev–Trinajstić information content (AvgIpc) is 3.03. The number of fused-ring (bicyclic) bond motifs is 1. The van der Waals surface area contributed by atoms with Gasteiger partial charge in [0.2, 0.25) is 10.0 Å². The monoisotopic (exact) mass is 342 g/mol. The number of rotatable bonds is 4. The van der Waals surface area contributed by atoms with Crippen molar-refractivity contribution in [2.75, 3.05) is 20.2 Å². The first-order chi connectivity index (χ1) is 10.4. The molecule has 2 atom stereocenters. The lowest BCUT2D eigenvalue weighted by molar-refractivity contribution is 0.182. The van der Waals surface area contributed by atoms with Gasteiger partial charge in [-0.15, -0.1) is 0 Å². The van der Waals surface area contributed by atoms with Crippen molar-refractivity contribution >= 4 is 32.8 Å². The quantitative estimate of drug-likeness (QED) is 0.832. The van der Waals surface area contributed by atoms with Crippen molar-refractivity contribution in [3.63, 3.8) is 0 Å². The molecule has 0 spiro atoms. The SMILES string of the molecule is Cc1ccc2nsnc2c1S(=O)(=O)N[C@@H]1C[C@@H](CO)N(C)C1. The Labute approximate surface area is 133 Å². The van der Waals surface area contributed by atoms with Crippen molar-refractivity contribution in [3.05, 3.63) is 17.7 Å². The van der Waals surface area contributed by atoms with Crippen molar-refractivity contribution in [3.8, 4) is 0 Å². The number of aliphatic hydroxyl groups is 1. The molecular weight excluding hydrogens is 324 g/mol. The van der Waals surface area contributed by atoms with Gasteiger partial charge in [-0.25, -0.2) is 13.1 Å². The third kappa shape index (κ3) is 2.74. The van der Waals surface area contributed by atoms with Gasteiger partial charge in [-0.3, -0.25) is 4.90 Å². The third-order valence-electron chi connectivity index (χ3n) is 4.07. The van der Waals surface area contributed by atoms with Crippen LogP contribution < -0.4 is 4.72 Å². The Hall–Kier alpha value is -1.13. The summed E-state index contributed by atoms with van der Waals surface area (Å²) in [6.45, 7) is 2.36. The number of benzene rings is 1. The standard InChI is InChI=1S/C13H18N4O3S2/c1-8-3-4-11-12(15-21-14-11)13(8)22(19,20)16-9-5-10(7-18)17(2)6-9/h3-4,9-10,16,18H,5-7H2,1-2H3/t9-,10+/m1/s1. The zero-order valence-electron chi connectivity index (χ0n) is 12.4. The predicted molar refractivity (Wildman–Crippen MR) is 84.4 cm³/mol. The van der Waals surface area contributed by atoms with Crippen LogP contribution in [0.2, 0.25) is 0 Å². The van der Waals surface area contributed by atoms with Gasteiger partial charge in [-0.05, 0) is 32.0 Å². The number of nitrogens with zero attached hydrogens (tertiary/aromatic N) is 3. The molecule has 22 heavy (non-hydrogen) atoms. The molecule has 1 saturated heterocycles. The fraction of sp³-hybridized carbons (Fsp3) is 0.538. The molecule has 2 N–H and O–H groups in total. The number of hydrogen-bond acceptors (Lipinski definition) is 7. The smallest absolute Gasteiger partial charge is 0.243 e. The summed E-state index contributed by atoms with van der Waals surface area (Å²) in [6, 6.07) is 3.30. The molecule has 1 aliphatic heterocycles. The molecule has 1 fully saturated rings. The summed E-state index contributed by atoms with van der Waals surface area (Å²) in [5, 5.41) is 9.29. The lowest BCUT2D eigenvalue weighted by Crippen LogP contribution is -2.36. The summed E-state index contributed by atoms with van der Waals surface area (Å²) in [5.41, 5.74) is 1.66. The Morgan fingerprint density at radius 1 is 1.45 bits per heavy atom. The topological polar surface area (TPSA) is 95.4 Å². The van der Waals surface area contributed by atoms with Gasteiger partial charge in [0, 0.05) is 18.6 Å². The highest BCUT2D eigenvalue weighted by Crippen LogP contribution is 2.26. The molecule has 0 saturated carbocycles. The van der Waals surface area contributed by atoms with E-state index in [2.05, 4.69) is 13.5 Å². The Morgan fingerprint density at radius 3 is 2.91 bits per heavy atom. The third-order valence-corrected chi connectivity index (χ3v) is 6.31. The number of nitrogens with one attached hydrogen (secondary N) is 1. The first-order valence-corrected chi connectivity index (χ1v) is 9.19. The second-order valence-electron chi connectivity index (χ2n) is 5.67. The summed E-state index contributed by atoms with van der Waals surface area (Å²) in [7, 11) is -1.80. The first-order valence-electron chi connectivity index (χ1n) is 6.97. The van der Waals surface area contributed by atoms with Crippen molar-refractivity contribution in [2.45, 2.75) is 30.3 Å². The van der Waals surface area contributed by atoms with Gasteiger partial charge in [0.15, 0.2) is 0 Å². The highest BCUT2D eigenvalue weighted by atomic mass is 32.2. The van der Waals surface area contributed by atoms with Crippen molar-refractivity contribution < 1.29 is 13.5 Å². The van der Waals surface area contributed by atoms with Gasteiger partial charge in [-0.2, -0.15) is 8.75 Å². The maximum atomic E-state index is 12.8. The van der Waals surface area contributed by atoms with E-state index in [4.69, 9.17) is 0 Å². The normalized spacial score (nSPS) is 23.4. The van der Waals surface area contributed by atoms with Crippen LogP contribution in [0.4, 0.5) is 0 Å². The van der Waals surface area contributed by atoms with E-state index in [1.165, 1.54) is 0 Å². The summed E-state index contributed by atoms with van der Waals surface area (Å²) in [4.78, 5) is 2.17. The minimum Gasteiger partial charge on any atom is -0.395 e. The van der Waals surface area contributed by atoms with Crippen LogP contribution in [-0.4, -0.2) is 59.5 Å². The number of aromatic nitrogens is 2. The fourth-order valence-electron chi connectivity index (χ4n) is 2.93. The molecule has 0 aliphatic carbocycles. The molecular formula is C13H18N4O3S2. The lowest BCUT2D eigenvalue weighted by atomic mass is 10.2. The van der Waals surface area contributed by atoms with E-state index in [0.29, 0.717) is 29.6 Å². The lowest BCUT2D eigenvalue weighted by Gasteiger charge is -2.15. The van der Waals surface area contributed by atoms with Crippen molar-refractivity contribution in [2.24, 2.45) is 0 Å². The Bertz CT molecular complexity index is 790. The molecule has 2 heterocycles. The molecule has 1 aromatic carbocycles. The number of likely N-dealkylation sites (tertiary alicyclic amines) is 1. The van der Waals surface area contributed by atoms with Crippen LogP contribution in [0.15, 0.2) is 17.0 Å². The van der Waals surface area contributed by atoms with Gasteiger partial charge in [0.05, 0.1) is 18.3 Å². The largest absolute Gasteiger partial charge is 0.395 e. The molecule has 2 aromatic rings. The Kier molecular flexibility index (Phi) is 4.17. The molecule has 1 aromatic heterocycles. The van der Waals surface area contributed by atoms with E-state index in [1.54, 1.807) is 19.1 Å². The zero-order chi connectivity index (χ0) is 15.9. The molecule has 0 bridgehead atoms. The van der Waals surface area contributed by atoms with Crippen LogP contribution in [-0.2, 0) is 10.0 Å². The second-order valence-corrected chi connectivity index (χ2v) is 7.85. The number of hydrogen-bond donors (Lipinski definition) is 2. The number of aliphatic hydroxyl groups excluding tert-OH is 1. The van der Waals surface area contributed by atoms with E-state index in [-0.39, 0.29) is 23.6 Å². The summed E-state index contributed by atoms with van der Waals surface area (Å²) in [5.74, 6) is 0. The summed E-state index contributed by atoms with van der Waals surface area (Å²) >= 11 is 1.01. The molecule has 0 radical (unpaired) electrons. The van der Waals surface area contributed by atoms with Crippen molar-refractivity contribution in [1.29, 1.82) is 0 Å². The molecule has 0 amide bonds. The maximum Gasteiger partial charge on any atom is 0.243 e. The van der Waals surface area contributed by atoms with Gasteiger partial charge in [0.25, 0.3) is 0 Å². The Morgan fingerprint density at radius 2 is 2.23 bits per heavy atom. The molecule has 7 nitrogen and oxygen atoms in total. The van der Waals surface area contributed by atoms with Gasteiger partial charge >= 0.3 is 0 Å². The van der Waals surface area contributed by atoms with E-state index in [9.17, 15) is 13.5 Å². The predicted octanol–water partition coefficient (Wildman–Crippen LogP) is 0.343. The van der Waals surface area contributed by atoms with Crippen LogP contribution in [0.1, 0.15) is 12.0 Å². The molecule has 0 unspecified atom stereocenters. The van der Waals surface area contributed by atoms with E-state index in [1.807, 2.05) is 11.9 Å². The molecule has 3 rings (SSSR count). The molecule has 1 aliphatic rings. The van der Waals surface area contributed by atoms with Gasteiger partial charge in [0.1, 0.15) is 15.9 Å².